The minimum atomic E-state index is -3.90. The Kier molecular flexibility index (Phi) is 15.5. The van der Waals surface area contributed by atoms with Crippen molar-refractivity contribution < 1.29 is 47.1 Å². The van der Waals surface area contributed by atoms with Gasteiger partial charge >= 0.3 is 27.0 Å². The number of hydrogen-bond acceptors (Lipinski definition) is 9. The molecular weight excluding hydrogens is 754 g/mol. The van der Waals surface area contributed by atoms with E-state index < -0.39 is 38.6 Å². The van der Waals surface area contributed by atoms with Gasteiger partial charge in [-0.25, -0.2) is 10.2 Å². The highest BCUT2D eigenvalue weighted by Crippen LogP contribution is 2.56. The lowest BCUT2D eigenvalue weighted by atomic mass is 9.84. The second-order valence-electron chi connectivity index (χ2n) is 16.6. The molecule has 0 radical (unpaired) electrons. The summed E-state index contributed by atoms with van der Waals surface area (Å²) >= 11 is 0. The van der Waals surface area contributed by atoms with Crippen LogP contribution in [0.4, 0.5) is 0 Å². The molecule has 314 valence electrons. The number of methoxy groups -OCH3 is 2. The van der Waals surface area contributed by atoms with E-state index in [0.717, 1.165) is 59.1 Å². The first-order chi connectivity index (χ1) is 26.3. The van der Waals surface area contributed by atoms with E-state index in [-0.39, 0.29) is 49.4 Å². The smallest absolute Gasteiger partial charge is 0.342 e. The Labute approximate surface area is 334 Å². The van der Waals surface area contributed by atoms with Crippen molar-refractivity contribution in [3.63, 3.8) is 0 Å². The summed E-state index contributed by atoms with van der Waals surface area (Å²) in [7, 11) is -4.81. The molecule has 0 aliphatic heterocycles. The van der Waals surface area contributed by atoms with E-state index in [2.05, 4.69) is 76.0 Å². The summed E-state index contributed by atoms with van der Waals surface area (Å²) < 4.78 is 58.2. The van der Waals surface area contributed by atoms with Crippen molar-refractivity contribution in [3.8, 4) is 22.6 Å². The molecule has 2 aromatic rings. The number of aliphatic carboxylic acids is 1. The molecule has 4 rings (SSSR count). The van der Waals surface area contributed by atoms with E-state index in [1.54, 1.807) is 20.8 Å². The fourth-order valence-corrected chi connectivity index (χ4v) is 10.9. The van der Waals surface area contributed by atoms with Crippen LogP contribution in [0.1, 0.15) is 147 Å². The predicted octanol–water partition coefficient (Wildman–Crippen LogP) is 10.4. The van der Waals surface area contributed by atoms with Crippen LogP contribution in [-0.4, -0.2) is 62.1 Å². The van der Waals surface area contributed by atoms with Gasteiger partial charge in [0.25, 0.3) is 0 Å². The highest BCUT2D eigenvalue weighted by atomic mass is 31.2. The van der Waals surface area contributed by atoms with Crippen LogP contribution in [-0.2, 0) is 32.9 Å². The standard InChI is InChI=1S/C42H66N2O10P2/c1-13-42(10,41(46)47)44-56(49,24-51-12)54-39-35(26(5)6)20-33(22-37(39)28(8)31-17-18-31)32-19-34(25(3)4)38(36(21-32)27(7)30-15-16-30)53-55(48,23-50-11)43-29(9)40(45)52-14-2/h19-22,25-31H,13-18,23-24H2,1-12H3,(H,43,48)(H,44,49)(H,46,47)/t27-,28-,29+,42?,55?,56?/m1/s1. The van der Waals surface area contributed by atoms with E-state index in [1.165, 1.54) is 21.1 Å². The summed E-state index contributed by atoms with van der Waals surface area (Å²) in [6.45, 7) is 19.4. The van der Waals surface area contributed by atoms with Gasteiger partial charge in [-0.05, 0) is 146 Å². The topological polar surface area (TPSA) is 159 Å². The number of carboxylic acids is 1. The highest BCUT2D eigenvalue weighted by Gasteiger charge is 2.42. The molecule has 0 heterocycles. The van der Waals surface area contributed by atoms with Crippen molar-refractivity contribution in [3.05, 3.63) is 46.5 Å². The number of benzene rings is 2. The lowest BCUT2D eigenvalue weighted by Crippen LogP contribution is -2.48. The van der Waals surface area contributed by atoms with Crippen LogP contribution >= 0.6 is 15.0 Å². The fraction of sp³-hybridized carbons (Fsp3) is 0.667. The summed E-state index contributed by atoms with van der Waals surface area (Å²) in [5, 5.41) is 15.9. The number of esters is 1. The molecule has 3 N–H and O–H groups in total. The van der Waals surface area contributed by atoms with E-state index in [4.69, 9.17) is 23.3 Å². The Balaban J connectivity index is 1.94. The quantitative estimate of drug-likeness (QED) is 0.0721. The van der Waals surface area contributed by atoms with Crippen LogP contribution in [0.15, 0.2) is 24.3 Å². The van der Waals surface area contributed by atoms with Crippen LogP contribution in [0, 0.1) is 11.8 Å². The average molecular weight is 821 g/mol. The van der Waals surface area contributed by atoms with E-state index in [1.807, 2.05) is 0 Å². The Bertz CT molecular complexity index is 1810. The Morgan fingerprint density at radius 3 is 1.52 bits per heavy atom. The Hall–Kier alpha value is -2.72. The third kappa shape index (κ3) is 11.1. The molecule has 2 aromatic carbocycles. The molecule has 3 unspecified atom stereocenters. The zero-order valence-corrected chi connectivity index (χ0v) is 37.3. The summed E-state index contributed by atoms with van der Waals surface area (Å²) in [4.78, 5) is 24.9. The number of carbonyl (C=O) groups excluding carboxylic acids is 1. The molecule has 2 saturated carbocycles. The van der Waals surface area contributed by atoms with Gasteiger partial charge in [-0.3, -0.25) is 18.7 Å². The second-order valence-corrected chi connectivity index (χ2v) is 20.7. The normalized spacial score (nSPS) is 19.4. The number of rotatable bonds is 23. The molecule has 0 amide bonds. The lowest BCUT2D eigenvalue weighted by molar-refractivity contribution is -0.145. The van der Waals surface area contributed by atoms with Gasteiger partial charge in [0.1, 0.15) is 35.8 Å². The van der Waals surface area contributed by atoms with Crippen molar-refractivity contribution in [1.82, 2.24) is 10.2 Å². The second kappa shape index (κ2) is 18.9. The summed E-state index contributed by atoms with van der Waals surface area (Å²) in [5.74, 6) is 0.322. The van der Waals surface area contributed by atoms with Crippen LogP contribution in [0.5, 0.6) is 11.5 Å². The molecule has 2 fully saturated rings. The summed E-state index contributed by atoms with van der Waals surface area (Å²) in [6, 6.07) is 7.55. The Morgan fingerprint density at radius 2 is 1.16 bits per heavy atom. The number of nitrogens with one attached hydrogen (secondary N) is 2. The maximum Gasteiger partial charge on any atom is 0.342 e. The third-order valence-corrected chi connectivity index (χ3v) is 15.0. The van der Waals surface area contributed by atoms with Gasteiger partial charge in [0.05, 0.1) is 6.61 Å². The van der Waals surface area contributed by atoms with E-state index in [9.17, 15) is 23.8 Å². The molecule has 0 spiro atoms. The lowest BCUT2D eigenvalue weighted by Gasteiger charge is -2.32. The maximum absolute atomic E-state index is 14.6. The van der Waals surface area contributed by atoms with Gasteiger partial charge in [0.2, 0.25) is 0 Å². The van der Waals surface area contributed by atoms with E-state index in [0.29, 0.717) is 23.3 Å². The molecule has 0 saturated heterocycles. The first-order valence-corrected chi connectivity index (χ1v) is 23.8. The minimum Gasteiger partial charge on any atom is -0.480 e. The van der Waals surface area contributed by atoms with Crippen molar-refractivity contribution in [2.75, 3.05) is 33.5 Å². The first kappa shape index (κ1) is 46.0. The molecule has 2 aliphatic carbocycles. The number of ether oxygens (including phenoxy) is 3. The number of carboxylic acid groups (broad SMARTS) is 1. The molecule has 6 atom stereocenters. The van der Waals surface area contributed by atoms with Gasteiger partial charge in [-0.2, -0.15) is 0 Å². The van der Waals surface area contributed by atoms with E-state index >= 15 is 0 Å². The van der Waals surface area contributed by atoms with Gasteiger partial charge in [0.15, 0.2) is 0 Å². The first-order valence-electron chi connectivity index (χ1n) is 20.1. The molecule has 2 aliphatic rings. The van der Waals surface area contributed by atoms with Crippen LogP contribution in [0.2, 0.25) is 0 Å². The zero-order chi connectivity index (χ0) is 41.7. The summed E-state index contributed by atoms with van der Waals surface area (Å²) in [5.41, 5.74) is 3.97. The number of carbonyl (C=O) groups is 2. The van der Waals surface area contributed by atoms with Gasteiger partial charge in [-0.15, -0.1) is 0 Å². The number of hydrogen-bond donors (Lipinski definition) is 3. The third-order valence-electron chi connectivity index (χ3n) is 11.2. The molecule has 12 nitrogen and oxygen atoms in total. The van der Waals surface area contributed by atoms with Crippen molar-refractivity contribution >= 4 is 27.0 Å². The fourth-order valence-electron chi connectivity index (χ4n) is 7.20. The zero-order valence-electron chi connectivity index (χ0n) is 35.5. The molecule has 0 aromatic heterocycles. The van der Waals surface area contributed by atoms with Crippen LogP contribution < -0.4 is 19.2 Å². The predicted molar refractivity (Wildman–Crippen MR) is 221 cm³/mol. The van der Waals surface area contributed by atoms with Crippen molar-refractivity contribution in [2.24, 2.45) is 11.8 Å². The monoisotopic (exact) mass is 820 g/mol. The van der Waals surface area contributed by atoms with Crippen molar-refractivity contribution in [2.45, 2.75) is 137 Å². The SMILES string of the molecule is CCOC(=O)[C@H](C)NP(=O)(COC)Oc1c(C(C)C)cc(-c2cc(C(C)C)c(OP(=O)(COC)NC(C)(CC)C(=O)O)c([C@H](C)C3CC3)c2)cc1[C@H](C)C1CC1. The van der Waals surface area contributed by atoms with Crippen LogP contribution in [0.3, 0.4) is 0 Å². The molecule has 0 bridgehead atoms. The van der Waals surface area contributed by atoms with Gasteiger partial charge in [-0.1, -0.05) is 48.5 Å². The largest absolute Gasteiger partial charge is 0.480 e. The maximum atomic E-state index is 14.6. The van der Waals surface area contributed by atoms with Gasteiger partial charge < -0.3 is 28.4 Å². The average Bonchev–Trinajstić information content (AvgIpc) is 4.05. The molecular formula is C42H66N2O10P2. The minimum absolute atomic E-state index is 0.0290. The van der Waals surface area contributed by atoms with Crippen molar-refractivity contribution in [1.29, 1.82) is 0 Å². The Morgan fingerprint density at radius 1 is 0.750 bits per heavy atom. The highest BCUT2D eigenvalue weighted by molar-refractivity contribution is 7.57. The molecule has 56 heavy (non-hydrogen) atoms. The molecule has 14 heteroatoms. The van der Waals surface area contributed by atoms with Crippen LogP contribution in [0.25, 0.3) is 11.1 Å². The summed E-state index contributed by atoms with van der Waals surface area (Å²) in [6.07, 6.45) is 3.92. The van der Waals surface area contributed by atoms with Gasteiger partial charge in [0, 0.05) is 14.2 Å².